The number of anilines is 1. The molecule has 0 aliphatic heterocycles. The quantitative estimate of drug-likeness (QED) is 0.581. The standard InChI is InChI=1S/C23H28N2O5/c1-16(26)30-19-11-9-18(10-12-19)24-22(27)20-15-17-7-5-3-4-6-8-21(17)25(23(20)28)13-14-29-2/h9-12,15H,3-8,13-14H2,1-2H3,(H,24,27). The number of nitrogens with zero attached hydrogens (tertiary/aromatic N) is 1. The summed E-state index contributed by atoms with van der Waals surface area (Å²) in [6, 6.07) is 8.21. The lowest BCUT2D eigenvalue weighted by molar-refractivity contribution is -0.131. The smallest absolute Gasteiger partial charge is 0.308 e. The molecule has 1 aliphatic carbocycles. The van der Waals surface area contributed by atoms with E-state index >= 15 is 0 Å². The van der Waals surface area contributed by atoms with Crippen molar-refractivity contribution in [3.63, 3.8) is 0 Å². The molecule has 1 aromatic carbocycles. The maximum atomic E-state index is 13.1. The van der Waals surface area contributed by atoms with Crippen molar-refractivity contribution >= 4 is 17.6 Å². The zero-order valence-electron chi connectivity index (χ0n) is 17.5. The minimum atomic E-state index is -0.448. The normalized spacial score (nSPS) is 13.7. The number of methoxy groups -OCH3 is 1. The number of hydrogen-bond donors (Lipinski definition) is 1. The van der Waals surface area contributed by atoms with Crippen LogP contribution in [0.2, 0.25) is 0 Å². The molecule has 1 aliphatic rings. The van der Waals surface area contributed by atoms with Crippen LogP contribution >= 0.6 is 0 Å². The summed E-state index contributed by atoms with van der Waals surface area (Å²) >= 11 is 0. The maximum absolute atomic E-state index is 13.1. The van der Waals surface area contributed by atoms with Crippen molar-refractivity contribution in [3.8, 4) is 5.75 Å². The van der Waals surface area contributed by atoms with Gasteiger partial charge in [-0.3, -0.25) is 14.4 Å². The number of nitrogens with one attached hydrogen (secondary N) is 1. The van der Waals surface area contributed by atoms with Gasteiger partial charge in [0.2, 0.25) is 0 Å². The van der Waals surface area contributed by atoms with E-state index in [-0.39, 0.29) is 11.1 Å². The second-order valence-electron chi connectivity index (χ2n) is 7.47. The Morgan fingerprint density at radius 1 is 1.07 bits per heavy atom. The second kappa shape index (κ2) is 10.2. The molecule has 3 rings (SSSR count). The van der Waals surface area contributed by atoms with Crippen LogP contribution in [0.25, 0.3) is 0 Å². The zero-order valence-corrected chi connectivity index (χ0v) is 17.5. The van der Waals surface area contributed by atoms with E-state index in [1.807, 2.05) is 0 Å². The highest BCUT2D eigenvalue weighted by atomic mass is 16.5. The molecule has 1 amide bonds. The average Bonchev–Trinajstić information content (AvgIpc) is 2.69. The number of esters is 1. The predicted octanol–water partition coefficient (Wildman–Crippen LogP) is 3.33. The minimum Gasteiger partial charge on any atom is -0.427 e. The van der Waals surface area contributed by atoms with Gasteiger partial charge in [-0.1, -0.05) is 12.8 Å². The van der Waals surface area contributed by atoms with Gasteiger partial charge < -0.3 is 19.4 Å². The van der Waals surface area contributed by atoms with Gasteiger partial charge in [-0.25, -0.2) is 0 Å². The first-order valence-electron chi connectivity index (χ1n) is 10.3. The summed E-state index contributed by atoms with van der Waals surface area (Å²) in [7, 11) is 1.60. The van der Waals surface area contributed by atoms with E-state index in [4.69, 9.17) is 9.47 Å². The number of carbonyl (C=O) groups excluding carboxylic acids is 2. The predicted molar refractivity (Wildman–Crippen MR) is 114 cm³/mol. The van der Waals surface area contributed by atoms with Crippen LogP contribution in [0, 0.1) is 0 Å². The number of hydrogen-bond acceptors (Lipinski definition) is 5. The molecule has 0 fully saturated rings. The van der Waals surface area contributed by atoms with Crippen LogP contribution in [0.5, 0.6) is 5.75 Å². The van der Waals surface area contributed by atoms with Gasteiger partial charge in [-0.15, -0.1) is 0 Å². The van der Waals surface area contributed by atoms with Crippen LogP contribution < -0.4 is 15.6 Å². The van der Waals surface area contributed by atoms with E-state index in [2.05, 4.69) is 5.32 Å². The Kier molecular flexibility index (Phi) is 7.41. The lowest BCUT2D eigenvalue weighted by Gasteiger charge is -2.21. The van der Waals surface area contributed by atoms with Gasteiger partial charge in [0.05, 0.1) is 6.61 Å². The molecule has 0 saturated carbocycles. The molecule has 0 spiro atoms. The van der Waals surface area contributed by atoms with E-state index in [1.165, 1.54) is 6.92 Å². The molecule has 1 aromatic heterocycles. The van der Waals surface area contributed by atoms with Gasteiger partial charge >= 0.3 is 5.97 Å². The lowest BCUT2D eigenvalue weighted by atomic mass is 9.95. The van der Waals surface area contributed by atoms with E-state index in [1.54, 1.807) is 42.0 Å². The number of ether oxygens (including phenoxy) is 2. The molecule has 160 valence electrons. The van der Waals surface area contributed by atoms with Crippen LogP contribution in [0.4, 0.5) is 5.69 Å². The molecule has 0 unspecified atom stereocenters. The van der Waals surface area contributed by atoms with Crippen LogP contribution in [0.15, 0.2) is 35.1 Å². The van der Waals surface area contributed by atoms with Gasteiger partial charge in [0, 0.05) is 32.0 Å². The summed E-state index contributed by atoms with van der Waals surface area (Å²) in [5.41, 5.74) is 2.46. The van der Waals surface area contributed by atoms with Gasteiger partial charge in [0.15, 0.2) is 0 Å². The number of fused-ring (bicyclic) bond motifs is 1. The molecule has 0 bridgehead atoms. The van der Waals surface area contributed by atoms with Crippen molar-refractivity contribution in [1.82, 2.24) is 4.57 Å². The monoisotopic (exact) mass is 412 g/mol. The van der Waals surface area contributed by atoms with Gasteiger partial charge in [0.1, 0.15) is 11.3 Å². The van der Waals surface area contributed by atoms with Gasteiger partial charge in [-0.05, 0) is 61.6 Å². The van der Waals surface area contributed by atoms with E-state index in [9.17, 15) is 14.4 Å². The summed E-state index contributed by atoms with van der Waals surface area (Å²) in [4.78, 5) is 37.1. The highest BCUT2D eigenvalue weighted by Gasteiger charge is 2.20. The fraction of sp³-hybridized carbons (Fsp3) is 0.435. The Labute approximate surface area is 176 Å². The van der Waals surface area contributed by atoms with Crippen LogP contribution in [-0.2, 0) is 28.9 Å². The Hall–Kier alpha value is -2.93. The third kappa shape index (κ3) is 5.36. The summed E-state index contributed by atoms with van der Waals surface area (Å²) in [6.07, 6.45) is 6.11. The number of benzene rings is 1. The molecule has 0 atom stereocenters. The van der Waals surface area contributed by atoms with Crippen LogP contribution in [0.1, 0.15) is 54.2 Å². The summed E-state index contributed by atoms with van der Waals surface area (Å²) < 4.78 is 11.9. The number of amides is 1. The average molecular weight is 412 g/mol. The number of aromatic nitrogens is 1. The van der Waals surface area contributed by atoms with E-state index in [0.717, 1.165) is 49.8 Å². The Morgan fingerprint density at radius 3 is 2.43 bits per heavy atom. The molecule has 0 radical (unpaired) electrons. The van der Waals surface area contributed by atoms with Crippen molar-refractivity contribution in [2.75, 3.05) is 19.0 Å². The highest BCUT2D eigenvalue weighted by molar-refractivity contribution is 6.04. The summed E-state index contributed by atoms with van der Waals surface area (Å²) in [6.45, 7) is 2.16. The highest BCUT2D eigenvalue weighted by Crippen LogP contribution is 2.21. The van der Waals surface area contributed by atoms with Crippen molar-refractivity contribution in [3.05, 3.63) is 57.5 Å². The molecular formula is C23H28N2O5. The molecule has 7 heteroatoms. The third-order valence-corrected chi connectivity index (χ3v) is 5.24. The molecular weight excluding hydrogens is 384 g/mol. The number of pyridine rings is 1. The van der Waals surface area contributed by atoms with Gasteiger partial charge in [-0.2, -0.15) is 0 Å². The number of carbonyl (C=O) groups is 2. The number of rotatable bonds is 6. The third-order valence-electron chi connectivity index (χ3n) is 5.24. The molecule has 2 aromatic rings. The SMILES string of the molecule is COCCn1c2c(cc(C(=O)Nc3ccc(OC(C)=O)cc3)c1=O)CCCCCC2. The Morgan fingerprint density at radius 2 is 1.77 bits per heavy atom. The first kappa shape index (κ1) is 21.8. The van der Waals surface area contributed by atoms with E-state index in [0.29, 0.717) is 24.6 Å². The Bertz CT molecular complexity index is 963. The van der Waals surface area contributed by atoms with Crippen molar-refractivity contribution in [1.29, 1.82) is 0 Å². The first-order valence-corrected chi connectivity index (χ1v) is 10.3. The number of aryl methyl sites for hydroxylation is 1. The molecule has 1 heterocycles. The zero-order chi connectivity index (χ0) is 21.5. The summed E-state index contributed by atoms with van der Waals surface area (Å²) in [5.74, 6) is -0.469. The minimum absolute atomic E-state index is 0.134. The molecule has 7 nitrogen and oxygen atoms in total. The lowest BCUT2D eigenvalue weighted by Crippen LogP contribution is -2.33. The molecule has 0 saturated heterocycles. The molecule has 1 N–H and O–H groups in total. The van der Waals surface area contributed by atoms with Crippen molar-refractivity contribution in [2.45, 2.75) is 52.0 Å². The van der Waals surface area contributed by atoms with Gasteiger partial charge in [0.25, 0.3) is 11.5 Å². The van der Waals surface area contributed by atoms with Crippen molar-refractivity contribution < 1.29 is 19.1 Å². The van der Waals surface area contributed by atoms with Crippen LogP contribution in [0.3, 0.4) is 0 Å². The fourth-order valence-electron chi connectivity index (χ4n) is 3.79. The second-order valence-corrected chi connectivity index (χ2v) is 7.47. The fourth-order valence-corrected chi connectivity index (χ4v) is 3.79. The largest absolute Gasteiger partial charge is 0.427 e. The summed E-state index contributed by atoms with van der Waals surface area (Å²) in [5, 5.41) is 2.77. The Balaban J connectivity index is 1.90. The van der Waals surface area contributed by atoms with Crippen molar-refractivity contribution in [2.24, 2.45) is 0 Å². The van der Waals surface area contributed by atoms with E-state index < -0.39 is 11.9 Å². The first-order chi connectivity index (χ1) is 14.5. The van der Waals surface area contributed by atoms with Crippen LogP contribution in [-0.4, -0.2) is 30.2 Å². The maximum Gasteiger partial charge on any atom is 0.308 e. The topological polar surface area (TPSA) is 86.6 Å². The molecule has 30 heavy (non-hydrogen) atoms.